The lowest BCUT2D eigenvalue weighted by Gasteiger charge is -2.29. The monoisotopic (exact) mass is 241 g/mol. The predicted molar refractivity (Wildman–Crippen MR) is 64.8 cm³/mol. The van der Waals surface area contributed by atoms with Crippen molar-refractivity contribution in [1.29, 1.82) is 0 Å². The first-order valence-corrected chi connectivity index (χ1v) is 5.40. The van der Waals surface area contributed by atoms with Gasteiger partial charge in [-0.25, -0.2) is 0 Å². The summed E-state index contributed by atoms with van der Waals surface area (Å²) in [6.07, 6.45) is 0. The molecule has 16 heavy (non-hydrogen) atoms. The van der Waals surface area contributed by atoms with Crippen LogP contribution in [0.15, 0.2) is 18.2 Å². The second-order valence-electron chi connectivity index (χ2n) is 4.21. The van der Waals surface area contributed by atoms with Crippen LogP contribution >= 0.6 is 12.4 Å². The van der Waals surface area contributed by atoms with Crippen LogP contribution in [0.25, 0.3) is 0 Å². The van der Waals surface area contributed by atoms with E-state index in [0.29, 0.717) is 11.8 Å². The zero-order valence-corrected chi connectivity index (χ0v) is 10.0. The molecule has 2 atom stereocenters. The molecule has 0 radical (unpaired) electrons. The van der Waals surface area contributed by atoms with E-state index >= 15 is 0 Å². The normalized spacial score (nSPS) is 26.1. The van der Waals surface area contributed by atoms with Gasteiger partial charge in [0.05, 0.1) is 13.7 Å². The van der Waals surface area contributed by atoms with Gasteiger partial charge >= 0.3 is 0 Å². The van der Waals surface area contributed by atoms with E-state index in [-0.39, 0.29) is 12.4 Å². The minimum absolute atomic E-state index is 0. The minimum atomic E-state index is 0. The molecule has 0 bridgehead atoms. The molecule has 0 amide bonds. The van der Waals surface area contributed by atoms with E-state index in [1.54, 1.807) is 7.11 Å². The van der Waals surface area contributed by atoms with Crippen LogP contribution in [0.1, 0.15) is 11.5 Å². The van der Waals surface area contributed by atoms with E-state index in [2.05, 4.69) is 5.32 Å². The smallest absolute Gasteiger partial charge is 0.126 e. The molecule has 3 nitrogen and oxygen atoms in total. The Morgan fingerprint density at radius 1 is 1.38 bits per heavy atom. The highest BCUT2D eigenvalue weighted by molar-refractivity contribution is 5.85. The Morgan fingerprint density at radius 2 is 2.25 bits per heavy atom. The third-order valence-corrected chi connectivity index (χ3v) is 3.41. The Hall–Kier alpha value is -0.930. The van der Waals surface area contributed by atoms with Crippen LogP contribution < -0.4 is 14.8 Å². The average molecular weight is 242 g/mol. The highest BCUT2D eigenvalue weighted by Crippen LogP contribution is 2.43. The molecule has 2 aliphatic rings. The van der Waals surface area contributed by atoms with Gasteiger partial charge in [-0.2, -0.15) is 0 Å². The fraction of sp³-hybridized carbons (Fsp3) is 0.500. The minimum Gasteiger partial charge on any atom is -0.496 e. The van der Waals surface area contributed by atoms with E-state index in [9.17, 15) is 0 Å². The van der Waals surface area contributed by atoms with Gasteiger partial charge in [-0.1, -0.05) is 6.07 Å². The number of benzene rings is 1. The Morgan fingerprint density at radius 3 is 3.06 bits per heavy atom. The summed E-state index contributed by atoms with van der Waals surface area (Å²) in [4.78, 5) is 0. The molecule has 2 aliphatic heterocycles. The summed E-state index contributed by atoms with van der Waals surface area (Å²) in [5.74, 6) is 3.13. The number of fused-ring (bicyclic) bond motifs is 3. The van der Waals surface area contributed by atoms with Gasteiger partial charge in [0.15, 0.2) is 0 Å². The summed E-state index contributed by atoms with van der Waals surface area (Å²) < 4.78 is 11.2. The summed E-state index contributed by atoms with van der Waals surface area (Å²) in [7, 11) is 1.72. The van der Waals surface area contributed by atoms with Gasteiger partial charge in [-0.05, 0) is 12.1 Å². The first-order valence-electron chi connectivity index (χ1n) is 5.40. The Balaban J connectivity index is 0.000000963. The molecule has 2 heterocycles. The fourth-order valence-electron chi connectivity index (χ4n) is 2.64. The predicted octanol–water partition coefficient (Wildman–Crippen LogP) is 1.81. The number of nitrogens with one attached hydrogen (secondary N) is 1. The van der Waals surface area contributed by atoms with Gasteiger partial charge in [0, 0.05) is 30.5 Å². The number of hydrogen-bond donors (Lipinski definition) is 1. The van der Waals surface area contributed by atoms with Crippen molar-refractivity contribution in [3.63, 3.8) is 0 Å². The van der Waals surface area contributed by atoms with Crippen LogP contribution in [-0.4, -0.2) is 26.8 Å². The summed E-state index contributed by atoms with van der Waals surface area (Å²) in [5.41, 5.74) is 1.25. The summed E-state index contributed by atoms with van der Waals surface area (Å²) >= 11 is 0. The van der Waals surface area contributed by atoms with Gasteiger partial charge in [0.1, 0.15) is 11.5 Å². The van der Waals surface area contributed by atoms with Gasteiger partial charge in [0.2, 0.25) is 0 Å². The van der Waals surface area contributed by atoms with E-state index in [1.807, 2.05) is 18.2 Å². The van der Waals surface area contributed by atoms with E-state index in [1.165, 1.54) is 5.56 Å². The van der Waals surface area contributed by atoms with Crippen molar-refractivity contribution < 1.29 is 9.47 Å². The van der Waals surface area contributed by atoms with Gasteiger partial charge in [-0.3, -0.25) is 0 Å². The highest BCUT2D eigenvalue weighted by Gasteiger charge is 2.36. The molecule has 3 rings (SSSR count). The van der Waals surface area contributed by atoms with Crippen molar-refractivity contribution in [3.8, 4) is 11.5 Å². The maximum Gasteiger partial charge on any atom is 0.126 e. The molecule has 0 aromatic heterocycles. The van der Waals surface area contributed by atoms with E-state index in [0.717, 1.165) is 31.2 Å². The fourth-order valence-corrected chi connectivity index (χ4v) is 2.64. The van der Waals surface area contributed by atoms with E-state index in [4.69, 9.17) is 9.47 Å². The second kappa shape index (κ2) is 4.52. The Labute approximate surface area is 102 Å². The molecule has 1 N–H and O–H groups in total. The van der Waals surface area contributed by atoms with Crippen molar-refractivity contribution in [2.45, 2.75) is 5.92 Å². The summed E-state index contributed by atoms with van der Waals surface area (Å²) in [5, 5.41) is 3.42. The molecular formula is C12H16ClNO2. The average Bonchev–Trinajstić information content (AvgIpc) is 2.76. The lowest BCUT2D eigenvalue weighted by molar-refractivity contribution is 0.215. The second-order valence-corrected chi connectivity index (χ2v) is 4.21. The molecule has 1 aromatic carbocycles. The highest BCUT2D eigenvalue weighted by atomic mass is 35.5. The number of halogens is 1. The maximum absolute atomic E-state index is 5.76. The zero-order valence-electron chi connectivity index (χ0n) is 9.23. The molecule has 0 spiro atoms. The molecule has 4 heteroatoms. The molecule has 0 saturated carbocycles. The standard InChI is InChI=1S/C12H15NO2.ClH/c1-14-10-3-2-4-11-12(10)9-6-13-5-8(9)7-15-11;/h2-4,8-9,13H,5-7H2,1H3;1H. The molecule has 88 valence electrons. The third kappa shape index (κ3) is 1.64. The first-order chi connectivity index (χ1) is 7.40. The van der Waals surface area contributed by atoms with Gasteiger partial charge in [0.25, 0.3) is 0 Å². The molecule has 2 unspecified atom stereocenters. The van der Waals surface area contributed by atoms with Gasteiger partial charge in [-0.15, -0.1) is 12.4 Å². The van der Waals surface area contributed by atoms with Crippen molar-refractivity contribution in [2.75, 3.05) is 26.8 Å². The molecule has 1 aromatic rings. The van der Waals surface area contributed by atoms with Crippen molar-refractivity contribution in [3.05, 3.63) is 23.8 Å². The number of hydrogen-bond acceptors (Lipinski definition) is 3. The first kappa shape index (κ1) is 11.6. The lowest BCUT2D eigenvalue weighted by atomic mass is 9.86. The Bertz CT molecular complexity index is 369. The molecule has 1 saturated heterocycles. The number of rotatable bonds is 1. The quantitative estimate of drug-likeness (QED) is 0.814. The third-order valence-electron chi connectivity index (χ3n) is 3.41. The van der Waals surface area contributed by atoms with Crippen LogP contribution in [0.5, 0.6) is 11.5 Å². The summed E-state index contributed by atoms with van der Waals surface area (Å²) in [6.45, 7) is 2.93. The zero-order chi connectivity index (χ0) is 10.3. The van der Waals surface area contributed by atoms with Crippen molar-refractivity contribution in [1.82, 2.24) is 5.32 Å². The number of methoxy groups -OCH3 is 1. The topological polar surface area (TPSA) is 30.5 Å². The molecule has 1 fully saturated rings. The molecule has 0 aliphatic carbocycles. The van der Waals surface area contributed by atoms with Crippen LogP contribution in [0.4, 0.5) is 0 Å². The molecular weight excluding hydrogens is 226 g/mol. The Kier molecular flexibility index (Phi) is 3.26. The van der Waals surface area contributed by atoms with Crippen LogP contribution in [0.2, 0.25) is 0 Å². The summed E-state index contributed by atoms with van der Waals surface area (Å²) in [6, 6.07) is 6.04. The van der Waals surface area contributed by atoms with Gasteiger partial charge < -0.3 is 14.8 Å². The SMILES string of the molecule is COc1cccc2c1C1CNCC1CO2.Cl. The van der Waals surface area contributed by atoms with Crippen molar-refractivity contribution >= 4 is 12.4 Å². The van der Waals surface area contributed by atoms with Crippen molar-refractivity contribution in [2.24, 2.45) is 5.92 Å². The number of ether oxygens (including phenoxy) is 2. The van der Waals surface area contributed by atoms with Crippen LogP contribution in [0, 0.1) is 5.92 Å². The largest absolute Gasteiger partial charge is 0.496 e. The van der Waals surface area contributed by atoms with Crippen LogP contribution in [-0.2, 0) is 0 Å². The lowest BCUT2D eigenvalue weighted by Crippen LogP contribution is -2.25. The van der Waals surface area contributed by atoms with E-state index < -0.39 is 0 Å². The maximum atomic E-state index is 5.76. The van der Waals surface area contributed by atoms with Crippen LogP contribution in [0.3, 0.4) is 0 Å².